The lowest BCUT2D eigenvalue weighted by molar-refractivity contribution is 0.175. The van der Waals surface area contributed by atoms with E-state index in [4.69, 9.17) is 23.2 Å². The Kier molecular flexibility index (Phi) is 6.95. The minimum Gasteiger partial charge on any atom is -0.338 e. The molecule has 2 atom stereocenters. The first-order chi connectivity index (χ1) is 15.6. The molecule has 5 rings (SSSR count). The van der Waals surface area contributed by atoms with Crippen LogP contribution in [0, 0.1) is 5.92 Å². The van der Waals surface area contributed by atoms with Gasteiger partial charge in [-0.2, -0.15) is 0 Å². The van der Waals surface area contributed by atoms with Crippen molar-refractivity contribution in [2.24, 2.45) is 5.92 Å². The molecule has 1 aliphatic carbocycles. The van der Waals surface area contributed by atoms with Crippen molar-refractivity contribution < 1.29 is 4.79 Å². The Bertz CT molecular complexity index is 963. The second-order valence-corrected chi connectivity index (χ2v) is 11.1. The summed E-state index contributed by atoms with van der Waals surface area (Å²) in [7, 11) is 0. The Morgan fingerprint density at radius 1 is 1.16 bits per heavy atom. The largest absolute Gasteiger partial charge is 0.338 e. The fourth-order valence-electron chi connectivity index (χ4n) is 5.03. The zero-order valence-corrected chi connectivity index (χ0v) is 20.5. The normalized spacial score (nSPS) is 22.5. The van der Waals surface area contributed by atoms with Gasteiger partial charge >= 0.3 is 6.03 Å². The van der Waals surface area contributed by atoms with Crippen LogP contribution in [0.5, 0.6) is 0 Å². The van der Waals surface area contributed by atoms with Crippen molar-refractivity contribution in [3.05, 3.63) is 55.7 Å². The molecule has 2 N–H and O–H groups in total. The van der Waals surface area contributed by atoms with E-state index in [2.05, 4.69) is 31.9 Å². The van der Waals surface area contributed by atoms with Crippen molar-refractivity contribution in [1.29, 1.82) is 0 Å². The molecule has 2 aromatic rings. The maximum absolute atomic E-state index is 12.6. The van der Waals surface area contributed by atoms with Gasteiger partial charge in [0.2, 0.25) is 0 Å². The Labute approximate surface area is 204 Å². The number of benzene rings is 1. The van der Waals surface area contributed by atoms with Gasteiger partial charge in [0.1, 0.15) is 0 Å². The van der Waals surface area contributed by atoms with Gasteiger partial charge in [-0.15, -0.1) is 11.3 Å². The molecule has 2 amide bonds. The number of rotatable bonds is 7. The third-order valence-corrected chi connectivity index (χ3v) is 8.57. The standard InChI is InChI=1S/C24H30Cl2N4OS/c25-18-1-4-20(21(26)11-18)22(30-9-6-23-17(15-30)7-10-32-23)13-28-24(31)27-12-16-5-8-29(14-16)19-2-3-19/h1,4,7,10-11,16,19,22H,2-3,5-6,8-9,12-15H2,(H2,27,28,31). The number of urea groups is 1. The van der Waals surface area contributed by atoms with Crippen molar-refractivity contribution >= 4 is 40.6 Å². The first-order valence-electron chi connectivity index (χ1n) is 11.6. The van der Waals surface area contributed by atoms with Crippen LogP contribution in [0.3, 0.4) is 0 Å². The predicted molar refractivity (Wildman–Crippen MR) is 132 cm³/mol. The zero-order chi connectivity index (χ0) is 22.1. The highest BCUT2D eigenvalue weighted by Gasteiger charge is 2.34. The minimum absolute atomic E-state index is 0.00425. The average molecular weight is 494 g/mol. The number of likely N-dealkylation sites (tertiary alicyclic amines) is 1. The molecule has 172 valence electrons. The van der Waals surface area contributed by atoms with E-state index in [1.165, 1.54) is 36.2 Å². The fourth-order valence-corrected chi connectivity index (χ4v) is 6.46. The molecule has 1 saturated carbocycles. The van der Waals surface area contributed by atoms with E-state index in [1.54, 1.807) is 6.07 Å². The summed E-state index contributed by atoms with van der Waals surface area (Å²) < 4.78 is 0. The minimum atomic E-state index is -0.0989. The molecule has 5 nitrogen and oxygen atoms in total. The Hall–Kier alpha value is -1.31. The van der Waals surface area contributed by atoms with Crippen molar-refractivity contribution in [3.63, 3.8) is 0 Å². The first-order valence-corrected chi connectivity index (χ1v) is 13.2. The monoisotopic (exact) mass is 492 g/mol. The van der Waals surface area contributed by atoms with E-state index in [0.717, 1.165) is 44.2 Å². The summed E-state index contributed by atoms with van der Waals surface area (Å²) in [5.41, 5.74) is 2.38. The van der Waals surface area contributed by atoms with Gasteiger partial charge in [0, 0.05) is 53.7 Å². The van der Waals surface area contributed by atoms with E-state index in [9.17, 15) is 4.79 Å². The highest BCUT2D eigenvalue weighted by Crippen LogP contribution is 2.34. The molecule has 2 unspecified atom stereocenters. The molecule has 1 aromatic heterocycles. The third kappa shape index (κ3) is 5.26. The van der Waals surface area contributed by atoms with E-state index in [0.29, 0.717) is 22.5 Å². The van der Waals surface area contributed by atoms with E-state index < -0.39 is 0 Å². The summed E-state index contributed by atoms with van der Waals surface area (Å²) in [4.78, 5) is 19.1. The Morgan fingerprint density at radius 3 is 2.84 bits per heavy atom. The molecule has 0 bridgehead atoms. The molecule has 2 fully saturated rings. The molecule has 8 heteroatoms. The van der Waals surface area contributed by atoms with Crippen LogP contribution < -0.4 is 10.6 Å². The number of thiophene rings is 1. The van der Waals surface area contributed by atoms with Crippen LogP contribution in [0.2, 0.25) is 10.0 Å². The smallest absolute Gasteiger partial charge is 0.314 e. The molecule has 3 heterocycles. The molecule has 32 heavy (non-hydrogen) atoms. The van der Waals surface area contributed by atoms with Crippen molar-refractivity contribution in [3.8, 4) is 0 Å². The summed E-state index contributed by atoms with van der Waals surface area (Å²) in [5, 5.41) is 9.65. The van der Waals surface area contributed by atoms with Gasteiger partial charge in [0.05, 0.1) is 6.04 Å². The van der Waals surface area contributed by atoms with Gasteiger partial charge < -0.3 is 15.5 Å². The van der Waals surface area contributed by atoms with Crippen molar-refractivity contribution in [1.82, 2.24) is 20.4 Å². The molecule has 1 aromatic carbocycles. The van der Waals surface area contributed by atoms with Gasteiger partial charge in [-0.1, -0.05) is 29.3 Å². The van der Waals surface area contributed by atoms with Crippen LogP contribution in [0.4, 0.5) is 4.79 Å². The van der Waals surface area contributed by atoms with E-state index >= 15 is 0 Å². The number of hydrogen-bond acceptors (Lipinski definition) is 4. The van der Waals surface area contributed by atoms with Gasteiger partial charge in [0.25, 0.3) is 0 Å². The summed E-state index contributed by atoms with van der Waals surface area (Å²) in [6.45, 7) is 5.35. The number of fused-ring (bicyclic) bond motifs is 1. The van der Waals surface area contributed by atoms with Crippen LogP contribution in [-0.4, -0.2) is 54.6 Å². The second kappa shape index (κ2) is 9.90. The third-order valence-electron chi connectivity index (χ3n) is 6.99. The lowest BCUT2D eigenvalue weighted by Gasteiger charge is -2.35. The van der Waals surface area contributed by atoms with Crippen LogP contribution >= 0.6 is 34.5 Å². The van der Waals surface area contributed by atoms with Gasteiger partial charge in [0.15, 0.2) is 0 Å². The number of nitrogens with one attached hydrogen (secondary N) is 2. The molecular formula is C24H30Cl2N4OS. The van der Waals surface area contributed by atoms with E-state index in [1.807, 2.05) is 23.5 Å². The van der Waals surface area contributed by atoms with Crippen LogP contribution in [0.1, 0.15) is 41.3 Å². The summed E-state index contributed by atoms with van der Waals surface area (Å²) in [6.07, 6.45) is 4.90. The number of nitrogens with zero attached hydrogens (tertiary/aromatic N) is 2. The molecular weight excluding hydrogens is 463 g/mol. The molecule has 0 spiro atoms. The summed E-state index contributed by atoms with van der Waals surface area (Å²) in [5.74, 6) is 0.557. The SMILES string of the molecule is O=C(NCC1CCN(C2CC2)C1)NCC(c1ccc(Cl)cc1Cl)N1CCc2sccc2C1. The predicted octanol–water partition coefficient (Wildman–Crippen LogP) is 4.94. The lowest BCUT2D eigenvalue weighted by Crippen LogP contribution is -2.44. The Balaban J connectivity index is 1.20. The molecule has 0 radical (unpaired) electrons. The molecule has 1 saturated heterocycles. The quantitative estimate of drug-likeness (QED) is 0.575. The zero-order valence-electron chi connectivity index (χ0n) is 18.2. The van der Waals surface area contributed by atoms with Gasteiger partial charge in [-0.05, 0) is 72.9 Å². The van der Waals surface area contributed by atoms with Crippen molar-refractivity contribution in [2.45, 2.75) is 44.3 Å². The van der Waals surface area contributed by atoms with Gasteiger partial charge in [-0.3, -0.25) is 4.90 Å². The van der Waals surface area contributed by atoms with Crippen LogP contribution in [0.25, 0.3) is 0 Å². The summed E-state index contributed by atoms with van der Waals surface area (Å²) in [6, 6.07) is 8.57. The first kappa shape index (κ1) is 22.5. The average Bonchev–Trinajstić information content (AvgIpc) is 3.33. The van der Waals surface area contributed by atoms with Crippen molar-refractivity contribution in [2.75, 3.05) is 32.7 Å². The molecule has 3 aliphatic rings. The van der Waals surface area contributed by atoms with Crippen LogP contribution in [0.15, 0.2) is 29.6 Å². The maximum Gasteiger partial charge on any atom is 0.314 e. The number of carbonyl (C=O) groups is 1. The number of halogens is 2. The number of hydrogen-bond donors (Lipinski definition) is 2. The maximum atomic E-state index is 12.6. The van der Waals surface area contributed by atoms with E-state index in [-0.39, 0.29) is 12.1 Å². The highest BCUT2D eigenvalue weighted by molar-refractivity contribution is 7.10. The van der Waals surface area contributed by atoms with Gasteiger partial charge in [-0.25, -0.2) is 4.79 Å². The second-order valence-electron chi connectivity index (χ2n) is 9.24. The lowest BCUT2D eigenvalue weighted by atomic mass is 10.0. The number of carbonyl (C=O) groups excluding carboxylic acids is 1. The highest BCUT2D eigenvalue weighted by atomic mass is 35.5. The topological polar surface area (TPSA) is 47.6 Å². The number of amides is 2. The van der Waals surface area contributed by atoms with Crippen LogP contribution in [-0.2, 0) is 13.0 Å². The molecule has 2 aliphatic heterocycles. The fraction of sp³-hybridized carbons (Fsp3) is 0.542. The Morgan fingerprint density at radius 2 is 2.03 bits per heavy atom. The summed E-state index contributed by atoms with van der Waals surface area (Å²) >= 11 is 14.6.